The third-order valence-electron chi connectivity index (χ3n) is 3.28. The Morgan fingerprint density at radius 2 is 1.80 bits per heavy atom. The highest BCUT2D eigenvalue weighted by Crippen LogP contribution is 2.30. The molecule has 0 aliphatic rings. The lowest BCUT2D eigenvalue weighted by Gasteiger charge is -2.24. The van der Waals surface area contributed by atoms with Crippen LogP contribution in [0.2, 0.25) is 0 Å². The fourth-order valence-corrected chi connectivity index (χ4v) is 3.37. The first kappa shape index (κ1) is 17.5. The Kier molecular flexibility index (Phi) is 8.94. The molecule has 0 spiro atoms. The van der Waals surface area contributed by atoms with E-state index in [-0.39, 0.29) is 11.9 Å². The van der Waals surface area contributed by atoms with E-state index in [1.165, 1.54) is 0 Å². The van der Waals surface area contributed by atoms with E-state index in [4.69, 9.17) is 5.11 Å². The van der Waals surface area contributed by atoms with Crippen LogP contribution in [0.4, 0.5) is 0 Å². The topological polar surface area (TPSA) is 60.7 Å². The Hall–Kier alpha value is -0.550. The smallest absolute Gasteiger partial charge is 0.0663 e. The first-order chi connectivity index (χ1) is 9.67. The summed E-state index contributed by atoms with van der Waals surface area (Å²) < 4.78 is 0. The van der Waals surface area contributed by atoms with Crippen LogP contribution in [0.25, 0.3) is 0 Å². The second-order valence-electron chi connectivity index (χ2n) is 5.08. The van der Waals surface area contributed by atoms with Gasteiger partial charge in [-0.25, -0.2) is 0 Å². The normalized spacial score (nSPS) is 15.8. The molecule has 1 rings (SSSR count). The van der Waals surface area contributed by atoms with Crippen molar-refractivity contribution in [3.8, 4) is 0 Å². The Bertz CT molecular complexity index is 345. The lowest BCUT2D eigenvalue weighted by Crippen LogP contribution is -2.28. The zero-order valence-electron chi connectivity index (χ0n) is 12.1. The first-order valence-electron chi connectivity index (χ1n) is 7.36. The van der Waals surface area contributed by atoms with Crippen molar-refractivity contribution in [1.29, 1.82) is 0 Å². The third-order valence-corrected chi connectivity index (χ3v) is 4.63. The van der Waals surface area contributed by atoms with Crippen molar-refractivity contribution in [3.63, 3.8) is 0 Å². The molecule has 0 aliphatic heterocycles. The first-order valence-corrected chi connectivity index (χ1v) is 8.24. The van der Waals surface area contributed by atoms with Crippen LogP contribution in [-0.2, 0) is 0 Å². The summed E-state index contributed by atoms with van der Waals surface area (Å²) >= 11 is 1.61. The van der Waals surface area contributed by atoms with E-state index in [1.807, 2.05) is 30.3 Å². The Balaban J connectivity index is 2.62. The molecule has 0 saturated carbocycles. The minimum absolute atomic E-state index is 0.0189. The van der Waals surface area contributed by atoms with Crippen LogP contribution in [0.15, 0.2) is 35.2 Å². The van der Waals surface area contributed by atoms with Gasteiger partial charge in [0.05, 0.1) is 12.2 Å². The number of hydrogen-bond donors (Lipinski definition) is 3. The molecule has 0 aliphatic carbocycles. The monoisotopic (exact) mass is 298 g/mol. The van der Waals surface area contributed by atoms with Crippen LogP contribution in [0.5, 0.6) is 0 Å². The van der Waals surface area contributed by atoms with Gasteiger partial charge in [-0.2, -0.15) is 0 Å². The van der Waals surface area contributed by atoms with Crippen molar-refractivity contribution >= 4 is 11.8 Å². The standard InChI is InChI=1S/C16H26O3S/c1-2-3-9-15(19)16(12-13(18)10-11-17)20-14-7-5-4-6-8-14/h4-8,13,15-19H,2-3,9-12H2,1H3/t13-,15+,16+/m1/s1. The van der Waals surface area contributed by atoms with E-state index in [9.17, 15) is 10.2 Å². The molecular formula is C16H26O3S. The molecule has 0 unspecified atom stereocenters. The van der Waals surface area contributed by atoms with Crippen LogP contribution in [0, 0.1) is 0 Å². The Labute approximate surface area is 126 Å². The molecule has 0 fully saturated rings. The SMILES string of the molecule is CCCC[C@H](O)[C@H](C[C@H](O)CCO)Sc1ccccc1. The summed E-state index contributed by atoms with van der Waals surface area (Å²) in [6.07, 6.45) is 2.69. The maximum Gasteiger partial charge on any atom is 0.0663 e. The minimum Gasteiger partial charge on any atom is -0.396 e. The highest BCUT2D eigenvalue weighted by Gasteiger charge is 2.23. The lowest BCUT2D eigenvalue weighted by atomic mass is 10.0. The van der Waals surface area contributed by atoms with Gasteiger partial charge in [-0.1, -0.05) is 38.0 Å². The number of benzene rings is 1. The van der Waals surface area contributed by atoms with Gasteiger partial charge in [-0.3, -0.25) is 0 Å². The lowest BCUT2D eigenvalue weighted by molar-refractivity contribution is 0.0948. The molecule has 0 amide bonds. The van der Waals surface area contributed by atoms with Gasteiger partial charge in [0, 0.05) is 16.8 Å². The molecule has 0 bridgehead atoms. The van der Waals surface area contributed by atoms with Gasteiger partial charge in [0.2, 0.25) is 0 Å². The summed E-state index contributed by atoms with van der Waals surface area (Å²) in [5.74, 6) is 0. The number of unbranched alkanes of at least 4 members (excludes halogenated alkanes) is 1. The van der Waals surface area contributed by atoms with Crippen LogP contribution < -0.4 is 0 Å². The van der Waals surface area contributed by atoms with Gasteiger partial charge in [0.1, 0.15) is 0 Å². The second-order valence-corrected chi connectivity index (χ2v) is 6.39. The van der Waals surface area contributed by atoms with Crippen molar-refractivity contribution < 1.29 is 15.3 Å². The van der Waals surface area contributed by atoms with Crippen molar-refractivity contribution in [2.24, 2.45) is 0 Å². The van der Waals surface area contributed by atoms with Crippen molar-refractivity contribution in [1.82, 2.24) is 0 Å². The van der Waals surface area contributed by atoms with Crippen LogP contribution in [0.3, 0.4) is 0 Å². The fraction of sp³-hybridized carbons (Fsp3) is 0.625. The molecule has 114 valence electrons. The van der Waals surface area contributed by atoms with Crippen LogP contribution in [0.1, 0.15) is 39.0 Å². The molecule has 3 atom stereocenters. The summed E-state index contributed by atoms with van der Waals surface area (Å²) in [5.41, 5.74) is 0. The van der Waals surface area contributed by atoms with Gasteiger partial charge in [-0.05, 0) is 31.4 Å². The molecule has 0 radical (unpaired) electrons. The average Bonchev–Trinajstić information content (AvgIpc) is 2.45. The zero-order valence-corrected chi connectivity index (χ0v) is 12.9. The van der Waals surface area contributed by atoms with Gasteiger partial charge in [-0.15, -0.1) is 11.8 Å². The maximum absolute atomic E-state index is 10.3. The molecule has 20 heavy (non-hydrogen) atoms. The number of aliphatic hydroxyl groups excluding tert-OH is 3. The number of rotatable bonds is 10. The molecule has 1 aromatic rings. The maximum atomic E-state index is 10.3. The number of aliphatic hydroxyl groups is 3. The molecule has 0 heterocycles. The van der Waals surface area contributed by atoms with Crippen molar-refractivity contribution in [2.75, 3.05) is 6.61 Å². The number of thioether (sulfide) groups is 1. The summed E-state index contributed by atoms with van der Waals surface area (Å²) in [6, 6.07) is 9.95. The van der Waals surface area contributed by atoms with E-state index in [0.29, 0.717) is 12.8 Å². The van der Waals surface area contributed by atoms with E-state index in [0.717, 1.165) is 24.2 Å². The Morgan fingerprint density at radius 3 is 2.40 bits per heavy atom. The molecule has 0 saturated heterocycles. The molecule has 3 N–H and O–H groups in total. The molecule has 1 aromatic carbocycles. The predicted octanol–water partition coefficient (Wildman–Crippen LogP) is 2.83. The predicted molar refractivity (Wildman–Crippen MR) is 83.9 cm³/mol. The summed E-state index contributed by atoms with van der Waals surface area (Å²) in [5, 5.41) is 29.1. The van der Waals surface area contributed by atoms with Crippen molar-refractivity contribution in [2.45, 2.75) is 61.4 Å². The molecule has 3 nitrogen and oxygen atoms in total. The van der Waals surface area contributed by atoms with Gasteiger partial charge < -0.3 is 15.3 Å². The van der Waals surface area contributed by atoms with E-state index < -0.39 is 12.2 Å². The highest BCUT2D eigenvalue weighted by atomic mass is 32.2. The van der Waals surface area contributed by atoms with Gasteiger partial charge in [0.15, 0.2) is 0 Å². The minimum atomic E-state index is -0.558. The summed E-state index contributed by atoms with van der Waals surface area (Å²) in [7, 11) is 0. The van der Waals surface area contributed by atoms with E-state index in [1.54, 1.807) is 11.8 Å². The quantitative estimate of drug-likeness (QED) is 0.581. The largest absolute Gasteiger partial charge is 0.396 e. The van der Waals surface area contributed by atoms with Crippen molar-refractivity contribution in [3.05, 3.63) is 30.3 Å². The van der Waals surface area contributed by atoms with Gasteiger partial charge >= 0.3 is 0 Å². The van der Waals surface area contributed by atoms with Crippen LogP contribution >= 0.6 is 11.8 Å². The van der Waals surface area contributed by atoms with Gasteiger partial charge in [0.25, 0.3) is 0 Å². The summed E-state index contributed by atoms with van der Waals surface area (Å²) in [6.45, 7) is 2.08. The average molecular weight is 298 g/mol. The van der Waals surface area contributed by atoms with Crippen LogP contribution in [-0.4, -0.2) is 39.4 Å². The second kappa shape index (κ2) is 10.2. The highest BCUT2D eigenvalue weighted by molar-refractivity contribution is 8.00. The molecule has 0 aromatic heterocycles. The third kappa shape index (κ3) is 6.75. The summed E-state index contributed by atoms with van der Waals surface area (Å²) in [4.78, 5) is 1.10. The van der Waals surface area contributed by atoms with E-state index >= 15 is 0 Å². The fourth-order valence-electron chi connectivity index (χ4n) is 2.09. The number of hydrogen-bond acceptors (Lipinski definition) is 4. The Morgan fingerprint density at radius 1 is 1.10 bits per heavy atom. The molecule has 4 heteroatoms. The van der Waals surface area contributed by atoms with E-state index in [2.05, 4.69) is 6.92 Å². The zero-order chi connectivity index (χ0) is 14.8. The molecular weight excluding hydrogens is 272 g/mol.